The molecule has 48 valence electrons. The first-order chi connectivity index (χ1) is 4.22. The molecule has 0 bridgehead atoms. The van der Waals surface area contributed by atoms with Crippen molar-refractivity contribution in [3.05, 3.63) is 33.3 Å². The fourth-order valence-corrected chi connectivity index (χ4v) is 1.10. The largest absolute Gasteiger partial charge is 0.0831 e. The molecule has 9 heavy (non-hydrogen) atoms. The quantitative estimate of drug-likeness (QED) is 0.609. The Balaban J connectivity index is 3.25. The molecule has 0 radical (unpaired) electrons. The predicted molar refractivity (Wildman–Crippen MR) is 43.9 cm³/mol. The summed E-state index contributed by atoms with van der Waals surface area (Å²) in [4.78, 5) is 0. The summed E-state index contributed by atoms with van der Waals surface area (Å²) in [6.07, 6.45) is 0. The molecule has 1 aromatic carbocycles. The van der Waals surface area contributed by atoms with Gasteiger partial charge in [-0.05, 0) is 34.5 Å². The van der Waals surface area contributed by atoms with Gasteiger partial charge in [0.25, 0.3) is 0 Å². The normalized spacial score (nSPS) is 9.67. The van der Waals surface area contributed by atoms with Gasteiger partial charge in [0.1, 0.15) is 0 Å². The SMILES string of the molecule is Cc1cccc(Cl)c1Br. The molecule has 0 aliphatic heterocycles. The van der Waals surface area contributed by atoms with Crippen LogP contribution in [0, 0.1) is 6.92 Å². The van der Waals surface area contributed by atoms with Crippen molar-refractivity contribution in [1.29, 1.82) is 0 Å². The molecule has 0 N–H and O–H groups in total. The second-order valence-corrected chi connectivity index (χ2v) is 3.07. The Morgan fingerprint density at radius 2 is 2.11 bits per heavy atom. The average Bonchev–Trinajstić information content (AvgIpc) is 1.83. The van der Waals surface area contributed by atoms with E-state index in [9.17, 15) is 0 Å². The highest BCUT2D eigenvalue weighted by molar-refractivity contribution is 9.10. The fourth-order valence-electron chi connectivity index (χ4n) is 0.612. The maximum absolute atomic E-state index is 5.77. The van der Waals surface area contributed by atoms with Gasteiger partial charge in [-0.15, -0.1) is 0 Å². The Morgan fingerprint density at radius 3 is 2.56 bits per heavy atom. The topological polar surface area (TPSA) is 0 Å². The zero-order valence-electron chi connectivity index (χ0n) is 4.99. The molecule has 0 aliphatic carbocycles. The number of rotatable bonds is 0. The van der Waals surface area contributed by atoms with Crippen LogP contribution in [0.5, 0.6) is 0 Å². The van der Waals surface area contributed by atoms with Crippen molar-refractivity contribution >= 4 is 27.5 Å². The van der Waals surface area contributed by atoms with Gasteiger partial charge in [0.2, 0.25) is 0 Å². The lowest BCUT2D eigenvalue weighted by Crippen LogP contribution is -1.73. The van der Waals surface area contributed by atoms with Crippen molar-refractivity contribution in [3.8, 4) is 0 Å². The summed E-state index contributed by atoms with van der Waals surface area (Å²) in [7, 11) is 0. The monoisotopic (exact) mass is 204 g/mol. The number of benzene rings is 1. The molecular weight excluding hydrogens is 199 g/mol. The number of halogens is 2. The predicted octanol–water partition coefficient (Wildman–Crippen LogP) is 3.41. The molecule has 0 aromatic heterocycles. The van der Waals surface area contributed by atoms with Crippen LogP contribution in [0.1, 0.15) is 5.56 Å². The lowest BCUT2D eigenvalue weighted by molar-refractivity contribution is 1.43. The third-order valence-corrected chi connectivity index (χ3v) is 2.74. The van der Waals surface area contributed by atoms with E-state index in [2.05, 4.69) is 15.9 Å². The van der Waals surface area contributed by atoms with Gasteiger partial charge < -0.3 is 0 Å². The van der Waals surface area contributed by atoms with Gasteiger partial charge in [-0.25, -0.2) is 0 Å². The lowest BCUT2D eigenvalue weighted by atomic mass is 10.2. The minimum absolute atomic E-state index is 0.773. The zero-order valence-corrected chi connectivity index (χ0v) is 7.33. The van der Waals surface area contributed by atoms with Crippen LogP contribution < -0.4 is 0 Å². The average molecular weight is 205 g/mol. The van der Waals surface area contributed by atoms with Crippen molar-refractivity contribution in [3.63, 3.8) is 0 Å². The summed E-state index contributed by atoms with van der Waals surface area (Å²) in [5, 5.41) is 0.773. The minimum Gasteiger partial charge on any atom is -0.0831 e. The molecule has 0 heterocycles. The molecule has 1 rings (SSSR count). The van der Waals surface area contributed by atoms with E-state index in [1.165, 1.54) is 5.56 Å². The van der Waals surface area contributed by atoms with Crippen molar-refractivity contribution in [2.75, 3.05) is 0 Å². The highest BCUT2D eigenvalue weighted by Gasteiger charge is 1.96. The molecule has 0 saturated heterocycles. The Morgan fingerprint density at radius 1 is 1.44 bits per heavy atom. The molecule has 0 fully saturated rings. The van der Waals surface area contributed by atoms with Crippen molar-refractivity contribution in [2.45, 2.75) is 6.92 Å². The van der Waals surface area contributed by atoms with Gasteiger partial charge in [-0.1, -0.05) is 23.7 Å². The lowest BCUT2D eigenvalue weighted by Gasteiger charge is -1.96. The molecule has 0 atom stereocenters. The minimum atomic E-state index is 0.773. The molecule has 0 aliphatic rings. The van der Waals surface area contributed by atoms with E-state index in [0.717, 1.165) is 9.50 Å². The van der Waals surface area contributed by atoms with Gasteiger partial charge in [-0.3, -0.25) is 0 Å². The number of hydrogen-bond acceptors (Lipinski definition) is 0. The van der Waals surface area contributed by atoms with E-state index in [0.29, 0.717) is 0 Å². The number of aryl methyl sites for hydroxylation is 1. The highest BCUT2D eigenvalue weighted by atomic mass is 79.9. The molecule has 0 amide bonds. The maximum Gasteiger partial charge on any atom is 0.0550 e. The van der Waals surface area contributed by atoms with Gasteiger partial charge in [0.05, 0.1) is 5.02 Å². The Bertz CT molecular complexity index is 200. The summed E-state index contributed by atoms with van der Waals surface area (Å²) in [6, 6.07) is 5.80. The van der Waals surface area contributed by atoms with E-state index in [1.807, 2.05) is 25.1 Å². The second kappa shape index (κ2) is 2.72. The van der Waals surface area contributed by atoms with Gasteiger partial charge in [0, 0.05) is 4.47 Å². The first-order valence-electron chi connectivity index (χ1n) is 2.62. The van der Waals surface area contributed by atoms with E-state index >= 15 is 0 Å². The van der Waals surface area contributed by atoms with Gasteiger partial charge >= 0.3 is 0 Å². The highest BCUT2D eigenvalue weighted by Crippen LogP contribution is 2.24. The third kappa shape index (κ3) is 1.46. The first kappa shape index (κ1) is 7.10. The van der Waals surface area contributed by atoms with Crippen LogP contribution in [-0.4, -0.2) is 0 Å². The van der Waals surface area contributed by atoms with Gasteiger partial charge in [0.15, 0.2) is 0 Å². The third-order valence-electron chi connectivity index (χ3n) is 1.14. The first-order valence-corrected chi connectivity index (χ1v) is 3.79. The molecule has 0 nitrogen and oxygen atoms in total. The molecular formula is C7H6BrCl. The summed E-state index contributed by atoms with van der Waals surface area (Å²) >= 11 is 9.11. The number of hydrogen-bond donors (Lipinski definition) is 0. The Labute approximate surface area is 68.0 Å². The Kier molecular flexibility index (Phi) is 2.14. The second-order valence-electron chi connectivity index (χ2n) is 1.87. The summed E-state index contributed by atoms with van der Waals surface area (Å²) in [5.41, 5.74) is 1.17. The van der Waals surface area contributed by atoms with E-state index in [4.69, 9.17) is 11.6 Å². The maximum atomic E-state index is 5.77. The van der Waals surface area contributed by atoms with Crippen LogP contribution in [-0.2, 0) is 0 Å². The summed E-state index contributed by atoms with van der Waals surface area (Å²) in [6.45, 7) is 2.01. The molecule has 1 aromatic rings. The smallest absolute Gasteiger partial charge is 0.0550 e. The van der Waals surface area contributed by atoms with Crippen LogP contribution in [0.4, 0.5) is 0 Å². The molecule has 2 heteroatoms. The van der Waals surface area contributed by atoms with Gasteiger partial charge in [-0.2, -0.15) is 0 Å². The van der Waals surface area contributed by atoms with Crippen LogP contribution in [0.25, 0.3) is 0 Å². The van der Waals surface area contributed by atoms with Crippen LogP contribution in [0.15, 0.2) is 22.7 Å². The van der Waals surface area contributed by atoms with E-state index in [-0.39, 0.29) is 0 Å². The van der Waals surface area contributed by atoms with Crippen molar-refractivity contribution < 1.29 is 0 Å². The van der Waals surface area contributed by atoms with Crippen LogP contribution >= 0.6 is 27.5 Å². The van der Waals surface area contributed by atoms with Crippen molar-refractivity contribution in [1.82, 2.24) is 0 Å². The zero-order chi connectivity index (χ0) is 6.85. The molecule has 0 unspecified atom stereocenters. The molecule has 0 spiro atoms. The Hall–Kier alpha value is -0.0100. The van der Waals surface area contributed by atoms with Crippen LogP contribution in [0.2, 0.25) is 5.02 Å². The van der Waals surface area contributed by atoms with Crippen molar-refractivity contribution in [2.24, 2.45) is 0 Å². The van der Waals surface area contributed by atoms with E-state index in [1.54, 1.807) is 0 Å². The molecule has 0 saturated carbocycles. The standard InChI is InChI=1S/C7H6BrCl/c1-5-3-2-4-6(9)7(5)8/h2-4H,1H3. The fraction of sp³-hybridized carbons (Fsp3) is 0.143. The summed E-state index contributed by atoms with van der Waals surface area (Å²) < 4.78 is 0.992. The summed E-state index contributed by atoms with van der Waals surface area (Å²) in [5.74, 6) is 0. The van der Waals surface area contributed by atoms with Crippen LogP contribution in [0.3, 0.4) is 0 Å². The van der Waals surface area contributed by atoms with E-state index < -0.39 is 0 Å².